The molecule has 0 aromatic heterocycles. The maximum Gasteiger partial charge on any atom is 0.231 e. The van der Waals surface area contributed by atoms with Gasteiger partial charge in [-0.05, 0) is 24.1 Å². The molecule has 22 heavy (non-hydrogen) atoms. The molecular weight excluding hydrogens is 309 g/mol. The van der Waals surface area contributed by atoms with E-state index < -0.39 is 0 Å². The number of fused-ring (bicyclic) bond motifs is 1. The van der Waals surface area contributed by atoms with Crippen LogP contribution >= 0.6 is 11.6 Å². The average molecular weight is 322 g/mol. The Kier molecular flexibility index (Phi) is 4.15. The number of amides is 1. The van der Waals surface area contributed by atoms with Crippen molar-refractivity contribution < 1.29 is 18.7 Å². The van der Waals surface area contributed by atoms with Crippen LogP contribution in [0.5, 0.6) is 11.5 Å². The predicted octanol–water partition coefficient (Wildman–Crippen LogP) is 3.78. The highest BCUT2D eigenvalue weighted by molar-refractivity contribution is 6.34. The second-order valence-corrected chi connectivity index (χ2v) is 5.27. The number of hydrogen-bond donors (Lipinski definition) is 1. The van der Waals surface area contributed by atoms with Gasteiger partial charge in [0.2, 0.25) is 12.7 Å². The SMILES string of the molecule is O=C(CCc1ccc(F)cc1)Nc1cc2c(cc1Cl)OCO2. The second kappa shape index (κ2) is 6.23. The first-order valence-corrected chi connectivity index (χ1v) is 7.13. The van der Waals surface area contributed by atoms with Gasteiger partial charge in [-0.1, -0.05) is 23.7 Å². The first-order chi connectivity index (χ1) is 10.6. The van der Waals surface area contributed by atoms with Crippen LogP contribution in [-0.2, 0) is 11.2 Å². The maximum absolute atomic E-state index is 12.8. The number of rotatable bonds is 4. The Morgan fingerprint density at radius 3 is 2.59 bits per heavy atom. The Morgan fingerprint density at radius 2 is 1.86 bits per heavy atom. The largest absolute Gasteiger partial charge is 0.454 e. The molecule has 0 fully saturated rings. The molecule has 1 N–H and O–H groups in total. The molecule has 2 aromatic rings. The summed E-state index contributed by atoms with van der Waals surface area (Å²) in [6.45, 7) is 0.146. The number of anilines is 1. The number of hydrogen-bond acceptors (Lipinski definition) is 3. The molecule has 114 valence electrons. The molecule has 1 heterocycles. The predicted molar refractivity (Wildman–Crippen MR) is 80.9 cm³/mol. The van der Waals surface area contributed by atoms with E-state index in [0.717, 1.165) is 5.56 Å². The van der Waals surface area contributed by atoms with E-state index in [9.17, 15) is 9.18 Å². The van der Waals surface area contributed by atoms with Gasteiger partial charge in [0.05, 0.1) is 10.7 Å². The zero-order valence-electron chi connectivity index (χ0n) is 11.6. The highest BCUT2D eigenvalue weighted by atomic mass is 35.5. The minimum atomic E-state index is -0.291. The normalized spacial score (nSPS) is 12.3. The highest BCUT2D eigenvalue weighted by Gasteiger charge is 2.17. The summed E-state index contributed by atoms with van der Waals surface area (Å²) in [6.07, 6.45) is 0.796. The van der Waals surface area contributed by atoms with Crippen molar-refractivity contribution in [3.63, 3.8) is 0 Å². The van der Waals surface area contributed by atoms with Crippen LogP contribution in [0.1, 0.15) is 12.0 Å². The van der Waals surface area contributed by atoms with Crippen LogP contribution in [0.4, 0.5) is 10.1 Å². The van der Waals surface area contributed by atoms with Crippen molar-refractivity contribution in [3.8, 4) is 11.5 Å². The third kappa shape index (κ3) is 3.31. The molecule has 4 nitrogen and oxygen atoms in total. The van der Waals surface area contributed by atoms with Gasteiger partial charge in [0.25, 0.3) is 0 Å². The molecule has 0 saturated carbocycles. The molecule has 0 atom stereocenters. The molecule has 1 aliphatic heterocycles. The van der Waals surface area contributed by atoms with Crippen LogP contribution in [0.3, 0.4) is 0 Å². The topological polar surface area (TPSA) is 47.6 Å². The van der Waals surface area contributed by atoms with E-state index >= 15 is 0 Å². The summed E-state index contributed by atoms with van der Waals surface area (Å²) in [4.78, 5) is 12.0. The summed E-state index contributed by atoms with van der Waals surface area (Å²) in [6, 6.07) is 9.33. The van der Waals surface area contributed by atoms with Gasteiger partial charge in [0.1, 0.15) is 5.82 Å². The van der Waals surface area contributed by atoms with Crippen LogP contribution in [0, 0.1) is 5.82 Å². The summed E-state index contributed by atoms with van der Waals surface area (Å²) < 4.78 is 23.3. The standard InChI is InChI=1S/C16H13ClFNO3/c17-12-7-14-15(22-9-21-14)8-13(12)19-16(20)6-3-10-1-4-11(18)5-2-10/h1-2,4-5,7-8H,3,6,9H2,(H,19,20). The third-order valence-electron chi connectivity index (χ3n) is 3.29. The molecule has 2 aromatic carbocycles. The van der Waals surface area contributed by atoms with E-state index in [1.807, 2.05) is 0 Å². The quantitative estimate of drug-likeness (QED) is 0.932. The first-order valence-electron chi connectivity index (χ1n) is 6.75. The van der Waals surface area contributed by atoms with E-state index in [0.29, 0.717) is 28.6 Å². The van der Waals surface area contributed by atoms with Gasteiger partial charge in [-0.15, -0.1) is 0 Å². The van der Waals surface area contributed by atoms with Gasteiger partial charge in [0, 0.05) is 18.6 Å². The molecular formula is C16H13ClFNO3. The van der Waals surface area contributed by atoms with Crippen LogP contribution in [0.2, 0.25) is 5.02 Å². The Labute approximate surface area is 131 Å². The Morgan fingerprint density at radius 1 is 1.18 bits per heavy atom. The van der Waals surface area contributed by atoms with E-state index in [4.69, 9.17) is 21.1 Å². The average Bonchev–Trinajstić information content (AvgIpc) is 2.94. The van der Waals surface area contributed by atoms with Crippen molar-refractivity contribution >= 4 is 23.2 Å². The lowest BCUT2D eigenvalue weighted by atomic mass is 10.1. The van der Waals surface area contributed by atoms with Gasteiger partial charge in [-0.25, -0.2) is 4.39 Å². The molecule has 0 unspecified atom stereocenters. The van der Waals surface area contributed by atoms with E-state index in [1.165, 1.54) is 12.1 Å². The summed E-state index contributed by atoms with van der Waals surface area (Å²) >= 11 is 6.09. The smallest absolute Gasteiger partial charge is 0.231 e. The van der Waals surface area contributed by atoms with Crippen LogP contribution < -0.4 is 14.8 Å². The van der Waals surface area contributed by atoms with Crippen molar-refractivity contribution in [1.29, 1.82) is 0 Å². The lowest BCUT2D eigenvalue weighted by Crippen LogP contribution is -2.12. The van der Waals surface area contributed by atoms with Gasteiger partial charge in [-0.2, -0.15) is 0 Å². The molecule has 0 spiro atoms. The fourth-order valence-corrected chi connectivity index (χ4v) is 2.34. The van der Waals surface area contributed by atoms with Gasteiger partial charge in [0.15, 0.2) is 11.5 Å². The van der Waals surface area contributed by atoms with Crippen molar-refractivity contribution in [2.75, 3.05) is 12.1 Å². The molecule has 0 aliphatic carbocycles. The number of ether oxygens (including phenoxy) is 2. The van der Waals surface area contributed by atoms with Gasteiger partial charge in [-0.3, -0.25) is 4.79 Å². The summed E-state index contributed by atoms with van der Waals surface area (Å²) in [7, 11) is 0. The van der Waals surface area contributed by atoms with Crippen LogP contribution in [0.15, 0.2) is 36.4 Å². The fourth-order valence-electron chi connectivity index (χ4n) is 2.13. The lowest BCUT2D eigenvalue weighted by molar-refractivity contribution is -0.116. The Balaban J connectivity index is 1.61. The molecule has 1 amide bonds. The maximum atomic E-state index is 12.8. The van der Waals surface area contributed by atoms with Gasteiger partial charge >= 0.3 is 0 Å². The monoisotopic (exact) mass is 321 g/mol. The number of benzene rings is 2. The molecule has 6 heteroatoms. The zero-order valence-corrected chi connectivity index (χ0v) is 12.3. The molecule has 3 rings (SSSR count). The number of carbonyl (C=O) groups is 1. The van der Waals surface area contributed by atoms with Crippen molar-refractivity contribution in [2.24, 2.45) is 0 Å². The Hall–Kier alpha value is -2.27. The molecule has 1 aliphatic rings. The number of carbonyl (C=O) groups excluding carboxylic acids is 1. The lowest BCUT2D eigenvalue weighted by Gasteiger charge is -2.08. The van der Waals surface area contributed by atoms with E-state index in [2.05, 4.69) is 5.32 Å². The Bertz CT molecular complexity index is 703. The summed E-state index contributed by atoms with van der Waals surface area (Å²) in [5.74, 6) is 0.651. The first kappa shape index (κ1) is 14.7. The highest BCUT2D eigenvalue weighted by Crippen LogP contribution is 2.39. The van der Waals surface area contributed by atoms with E-state index in [1.54, 1.807) is 24.3 Å². The van der Waals surface area contributed by atoms with Crippen molar-refractivity contribution in [2.45, 2.75) is 12.8 Å². The van der Waals surface area contributed by atoms with Crippen LogP contribution in [-0.4, -0.2) is 12.7 Å². The summed E-state index contributed by atoms with van der Waals surface area (Å²) in [5, 5.41) is 3.13. The number of aryl methyl sites for hydroxylation is 1. The zero-order chi connectivity index (χ0) is 15.5. The minimum Gasteiger partial charge on any atom is -0.454 e. The molecule has 0 saturated heterocycles. The fraction of sp³-hybridized carbons (Fsp3) is 0.188. The van der Waals surface area contributed by atoms with E-state index in [-0.39, 0.29) is 24.9 Å². The number of nitrogens with one attached hydrogen (secondary N) is 1. The molecule has 0 radical (unpaired) electrons. The van der Waals surface area contributed by atoms with Crippen molar-refractivity contribution in [3.05, 3.63) is 52.8 Å². The third-order valence-corrected chi connectivity index (χ3v) is 3.60. The van der Waals surface area contributed by atoms with Crippen LogP contribution in [0.25, 0.3) is 0 Å². The summed E-state index contributed by atoms with van der Waals surface area (Å²) in [5.41, 5.74) is 1.38. The second-order valence-electron chi connectivity index (χ2n) is 4.86. The van der Waals surface area contributed by atoms with Crippen molar-refractivity contribution in [1.82, 2.24) is 0 Å². The number of halogens is 2. The van der Waals surface area contributed by atoms with Gasteiger partial charge < -0.3 is 14.8 Å². The molecule has 0 bridgehead atoms. The minimum absolute atomic E-state index is 0.146.